The van der Waals surface area contributed by atoms with Gasteiger partial charge in [-0.2, -0.15) is 0 Å². The maximum Gasteiger partial charge on any atom is 0.410 e. The second-order valence-corrected chi connectivity index (χ2v) is 22.1. The third-order valence-electron chi connectivity index (χ3n) is 14.6. The molecule has 3 saturated heterocycles. The molecule has 3 aliphatic heterocycles. The molecule has 2 aromatic heterocycles. The minimum Gasteiger partial charge on any atom is -0.507 e. The number of hydrogen-bond acceptors (Lipinski definition) is 19. The quantitative estimate of drug-likeness (QED) is 0.0698. The van der Waals surface area contributed by atoms with Crippen LogP contribution in [0, 0.1) is 13.8 Å². The first-order valence-corrected chi connectivity index (χ1v) is 29.5. The number of phenols is 2. The number of ether oxygens (including phenoxy) is 1. The molecule has 5 heterocycles. The number of aliphatic hydroxyl groups excluding tert-OH is 3. The standard InChI is InChI=1S/C24H26N4O4.C17H22N2O5.C15H11ClN2O.C9H16N2O3/c1-15-7-8-17-19(13-15)25-22(18-5-3-4-6-20(18)30)26-23(17)27-9-11-28(12-10-27)24(32)21(31)14-16(2)29;1-13(20)11-15(21)16(22)18-7-9-19(10-8-18)17(23)24-12-14-5-3-2-4-6-14;1-9-6-7-10-12(8-9)17-15(18-14(10)16)11-4-2-3-5-13(11)19;1-7(12)6-8(13)9(14)11-4-2-10-3-5-11/h3-8,13,21,30-31H,9-12,14H2,1-2H3;2-6,15,21H,7-12H2,1H3;2-8,19H,1H3;8,10,13H,2-6H2,1H3/t21-;15-;;8-/m11.1/s1. The maximum atomic E-state index is 12.5. The molecule has 3 aliphatic rings. The van der Waals surface area contributed by atoms with E-state index in [0.717, 1.165) is 57.4 Å². The Hall–Kier alpha value is -9.00. The first kappa shape index (κ1) is 67.5. The number of halogens is 1. The highest BCUT2D eigenvalue weighted by Gasteiger charge is 2.31. The van der Waals surface area contributed by atoms with Gasteiger partial charge in [-0.3, -0.25) is 28.8 Å². The fraction of sp³-hybridized carbons (Fsp3) is 0.369. The molecule has 0 aliphatic carbocycles. The van der Waals surface area contributed by atoms with Crippen LogP contribution in [-0.4, -0.2) is 203 Å². The van der Waals surface area contributed by atoms with Gasteiger partial charge in [0, 0.05) is 109 Å². The topological polar surface area (TPSA) is 310 Å². The highest BCUT2D eigenvalue weighted by molar-refractivity contribution is 6.34. The molecule has 5 aromatic carbocycles. The monoisotopic (exact) mass is 1240 g/mol. The summed E-state index contributed by atoms with van der Waals surface area (Å²) in [5.41, 5.74) is 5.77. The summed E-state index contributed by atoms with van der Waals surface area (Å²) in [7, 11) is 0. The van der Waals surface area contributed by atoms with E-state index in [9.17, 15) is 59.1 Å². The number of fused-ring (bicyclic) bond motifs is 2. The number of hydrogen-bond donors (Lipinski definition) is 6. The van der Waals surface area contributed by atoms with Gasteiger partial charge in [-0.1, -0.05) is 78.3 Å². The number of carbonyl (C=O) groups is 7. The number of aryl methyl sites for hydroxylation is 2. The lowest BCUT2D eigenvalue weighted by molar-refractivity contribution is -0.144. The molecule has 89 heavy (non-hydrogen) atoms. The predicted octanol–water partition coefficient (Wildman–Crippen LogP) is 5.83. The number of aliphatic hydroxyl groups is 3. The second kappa shape index (κ2) is 32.3. The van der Waals surface area contributed by atoms with Gasteiger partial charge in [0.15, 0.2) is 11.6 Å². The number of Topliss-reactive ketones (excluding diaryl/α,β-unsaturated/α-hetero) is 3. The third-order valence-corrected chi connectivity index (χ3v) is 14.9. The van der Waals surface area contributed by atoms with Crippen LogP contribution in [0.1, 0.15) is 56.7 Å². The molecule has 4 amide bonds. The zero-order chi connectivity index (χ0) is 64.3. The minimum absolute atomic E-state index is 0.0806. The zero-order valence-corrected chi connectivity index (χ0v) is 51.2. The molecule has 470 valence electrons. The third kappa shape index (κ3) is 19.2. The summed E-state index contributed by atoms with van der Waals surface area (Å²) >= 11 is 6.18. The van der Waals surface area contributed by atoms with Crippen molar-refractivity contribution in [3.05, 3.63) is 137 Å². The van der Waals surface area contributed by atoms with Crippen molar-refractivity contribution in [2.45, 2.75) is 78.8 Å². The van der Waals surface area contributed by atoms with Gasteiger partial charge in [0.25, 0.3) is 17.7 Å². The summed E-state index contributed by atoms with van der Waals surface area (Å²) in [4.78, 5) is 107. The molecule has 24 heteroatoms. The summed E-state index contributed by atoms with van der Waals surface area (Å²) in [5, 5.41) is 54.5. The van der Waals surface area contributed by atoms with Crippen LogP contribution < -0.4 is 10.2 Å². The minimum atomic E-state index is -1.31. The Morgan fingerprint density at radius 2 is 0.910 bits per heavy atom. The largest absolute Gasteiger partial charge is 0.507 e. The molecule has 0 spiro atoms. The Kier molecular flexibility index (Phi) is 24.5. The van der Waals surface area contributed by atoms with Crippen molar-refractivity contribution in [1.29, 1.82) is 0 Å². The Bertz CT molecular complexity index is 3630. The van der Waals surface area contributed by atoms with Gasteiger partial charge in [0.2, 0.25) is 0 Å². The molecule has 10 rings (SSSR count). The number of rotatable bonds is 14. The van der Waals surface area contributed by atoms with Crippen LogP contribution in [0.15, 0.2) is 115 Å². The summed E-state index contributed by atoms with van der Waals surface area (Å²) in [6, 6.07) is 35.1. The summed E-state index contributed by atoms with van der Waals surface area (Å²) in [6.45, 7) is 14.2. The molecule has 3 fully saturated rings. The highest BCUT2D eigenvalue weighted by atomic mass is 35.5. The average Bonchev–Trinajstić information content (AvgIpc) is 1.10. The maximum absolute atomic E-state index is 12.5. The van der Waals surface area contributed by atoms with Crippen LogP contribution in [0.5, 0.6) is 11.5 Å². The van der Waals surface area contributed by atoms with Gasteiger partial charge in [-0.25, -0.2) is 24.7 Å². The van der Waals surface area contributed by atoms with Crippen molar-refractivity contribution in [1.82, 2.24) is 44.9 Å². The number of anilines is 1. The van der Waals surface area contributed by atoms with E-state index in [1.54, 1.807) is 46.2 Å². The fourth-order valence-electron chi connectivity index (χ4n) is 9.89. The number of aromatic nitrogens is 4. The van der Waals surface area contributed by atoms with Crippen LogP contribution in [0.25, 0.3) is 44.6 Å². The Morgan fingerprint density at radius 1 is 0.506 bits per heavy atom. The summed E-state index contributed by atoms with van der Waals surface area (Å²) < 4.78 is 5.25. The van der Waals surface area contributed by atoms with Crippen molar-refractivity contribution in [3.63, 3.8) is 0 Å². The second-order valence-electron chi connectivity index (χ2n) is 21.8. The molecule has 6 N–H and O–H groups in total. The van der Waals surface area contributed by atoms with Gasteiger partial charge in [-0.15, -0.1) is 0 Å². The molecule has 0 bridgehead atoms. The number of piperazine rings is 3. The number of aromatic hydroxyl groups is 2. The van der Waals surface area contributed by atoms with E-state index in [4.69, 9.17) is 21.3 Å². The molecule has 0 unspecified atom stereocenters. The molecule has 3 atom stereocenters. The molecular weight excluding hydrogens is 1160 g/mol. The highest BCUT2D eigenvalue weighted by Crippen LogP contribution is 2.33. The number of carbonyl (C=O) groups excluding carboxylic acids is 7. The summed E-state index contributed by atoms with van der Waals surface area (Å²) in [6.07, 6.45) is -4.62. The first-order chi connectivity index (χ1) is 42.6. The van der Waals surface area contributed by atoms with Gasteiger partial charge in [-0.05, 0) is 99.8 Å². The van der Waals surface area contributed by atoms with Gasteiger partial charge < -0.3 is 60.1 Å². The van der Waals surface area contributed by atoms with Crippen molar-refractivity contribution >= 4 is 80.4 Å². The van der Waals surface area contributed by atoms with Crippen molar-refractivity contribution in [2.75, 3.05) is 83.4 Å². The zero-order valence-electron chi connectivity index (χ0n) is 50.4. The van der Waals surface area contributed by atoms with Crippen LogP contribution in [-0.2, 0) is 40.1 Å². The average molecular weight is 1240 g/mol. The van der Waals surface area contributed by atoms with Crippen LogP contribution in [0.2, 0.25) is 5.15 Å². The molecule has 0 radical (unpaired) electrons. The summed E-state index contributed by atoms with van der Waals surface area (Å²) in [5.74, 6) is 0.0225. The first-order valence-electron chi connectivity index (χ1n) is 29.2. The molecule has 7 aromatic rings. The molecule has 23 nitrogen and oxygen atoms in total. The van der Waals surface area contributed by atoms with E-state index < -0.39 is 36.2 Å². The van der Waals surface area contributed by atoms with E-state index in [2.05, 4.69) is 25.2 Å². The number of nitrogens with zero attached hydrogens (tertiary/aromatic N) is 9. The SMILES string of the molecule is CC(=O)C[C@@H](O)C(=O)N1CCN(C(=O)OCc2ccccc2)CC1.CC(=O)C[C@@H](O)C(=O)N1CCN(c2nc(-c3ccccc3O)nc3cc(C)ccc23)CC1.CC(=O)C[C@@H](O)C(=O)N1CCNCC1.Cc1ccc2c(Cl)nc(-c3ccccc3O)nc2c1. The lowest BCUT2D eigenvalue weighted by Gasteiger charge is -2.36. The van der Waals surface area contributed by atoms with Crippen molar-refractivity contribution in [2.24, 2.45) is 0 Å². The normalized spacial score (nSPS) is 15.0. The number of ketones is 3. The number of amides is 4. The Morgan fingerprint density at radius 3 is 1.38 bits per heavy atom. The number of benzene rings is 5. The van der Waals surface area contributed by atoms with E-state index in [0.29, 0.717) is 93.4 Å². The number of nitrogens with one attached hydrogen (secondary N) is 1. The molecule has 0 saturated carbocycles. The number of para-hydroxylation sites is 2. The van der Waals surface area contributed by atoms with E-state index in [1.165, 1.54) is 30.6 Å². The van der Waals surface area contributed by atoms with Crippen molar-refractivity contribution in [3.8, 4) is 34.3 Å². The van der Waals surface area contributed by atoms with Crippen LogP contribution in [0.3, 0.4) is 0 Å². The van der Waals surface area contributed by atoms with Crippen molar-refractivity contribution < 1.29 is 63.8 Å². The van der Waals surface area contributed by atoms with Gasteiger partial charge in [0.05, 0.1) is 22.2 Å². The van der Waals surface area contributed by atoms with E-state index in [1.807, 2.05) is 92.7 Å². The van der Waals surface area contributed by atoms with Crippen LogP contribution in [0.4, 0.5) is 10.6 Å². The smallest absolute Gasteiger partial charge is 0.410 e. The van der Waals surface area contributed by atoms with Gasteiger partial charge in [0.1, 0.15) is 64.7 Å². The predicted molar refractivity (Wildman–Crippen MR) is 335 cm³/mol. The lowest BCUT2D eigenvalue weighted by atomic mass is 10.1. The van der Waals surface area contributed by atoms with Gasteiger partial charge >= 0.3 is 6.09 Å². The van der Waals surface area contributed by atoms with E-state index in [-0.39, 0.29) is 60.6 Å². The fourth-order valence-corrected chi connectivity index (χ4v) is 10.1. The Balaban J connectivity index is 0.000000176. The molecular formula is C65H75ClN10O13. The van der Waals surface area contributed by atoms with E-state index >= 15 is 0 Å². The van der Waals surface area contributed by atoms with Crippen LogP contribution >= 0.6 is 11.6 Å². The number of phenolic OH excluding ortho intramolecular Hbond substituents is 2. The Labute approximate surface area is 520 Å². The lowest BCUT2D eigenvalue weighted by Crippen LogP contribution is -2.53.